The molecule has 6 nitrogen and oxygen atoms in total. The Bertz CT molecular complexity index is 1140. The summed E-state index contributed by atoms with van der Waals surface area (Å²) in [5, 5.41) is 19.6. The van der Waals surface area contributed by atoms with Gasteiger partial charge >= 0.3 is 0 Å². The molecule has 3 rings (SSSR count). The van der Waals surface area contributed by atoms with Gasteiger partial charge in [-0.1, -0.05) is 11.6 Å². The number of nitrogens with zero attached hydrogens (tertiary/aromatic N) is 2. The minimum absolute atomic E-state index is 0.0910. The Hall–Kier alpha value is -2.89. The van der Waals surface area contributed by atoms with E-state index in [1.807, 2.05) is 12.1 Å². The van der Waals surface area contributed by atoms with E-state index in [0.717, 1.165) is 0 Å². The number of nitriles is 2. The fourth-order valence-electron chi connectivity index (χ4n) is 2.81. The van der Waals surface area contributed by atoms with Gasteiger partial charge in [0.25, 0.3) is 7.37 Å². The molecule has 0 spiro atoms. The van der Waals surface area contributed by atoms with Crippen LogP contribution in [-0.4, -0.2) is 18.4 Å². The zero-order chi connectivity index (χ0) is 18.9. The summed E-state index contributed by atoms with van der Waals surface area (Å²) in [6, 6.07) is 12.9. The number of carbonyl (C=O) groups excluding carboxylic acids is 1. The highest BCUT2D eigenvalue weighted by Gasteiger charge is 2.34. The van der Waals surface area contributed by atoms with Gasteiger partial charge in [0, 0.05) is 28.3 Å². The molecule has 0 fully saturated rings. The number of aldehydes is 1. The molecule has 1 atom stereocenters. The second-order valence-corrected chi connectivity index (χ2v) is 8.29. The van der Waals surface area contributed by atoms with Crippen LogP contribution in [0, 0.1) is 22.7 Å². The number of hydrogen-bond acceptors (Lipinski definition) is 5. The van der Waals surface area contributed by atoms with Gasteiger partial charge in [0.05, 0.1) is 34.3 Å². The Morgan fingerprint density at radius 3 is 2.35 bits per heavy atom. The summed E-state index contributed by atoms with van der Waals surface area (Å²) in [4.78, 5) is 14.5. The van der Waals surface area contributed by atoms with Crippen LogP contribution in [0.3, 0.4) is 0 Å². The number of aromatic amines is 1. The third-order valence-corrected chi connectivity index (χ3v) is 6.70. The van der Waals surface area contributed by atoms with Crippen molar-refractivity contribution in [3.8, 4) is 12.1 Å². The van der Waals surface area contributed by atoms with Crippen molar-refractivity contribution in [2.24, 2.45) is 0 Å². The first-order valence-corrected chi connectivity index (χ1v) is 9.35. The number of halogens is 1. The summed E-state index contributed by atoms with van der Waals surface area (Å²) in [5.74, 6) is 0. The van der Waals surface area contributed by atoms with Gasteiger partial charge in [-0.25, -0.2) is 0 Å². The molecular formula is C18H11ClN3O3P. The fourth-order valence-corrected chi connectivity index (χ4v) is 5.18. The Balaban J connectivity index is 2.40. The van der Waals surface area contributed by atoms with E-state index in [9.17, 15) is 19.9 Å². The lowest BCUT2D eigenvalue weighted by Gasteiger charge is -2.17. The molecule has 1 heterocycles. The van der Waals surface area contributed by atoms with Crippen LogP contribution in [0.4, 0.5) is 0 Å². The predicted octanol–water partition coefficient (Wildman–Crippen LogP) is 3.25. The number of nitrogens with one attached hydrogen (secondary N) is 1. The van der Waals surface area contributed by atoms with Crippen LogP contribution in [0.15, 0.2) is 36.4 Å². The van der Waals surface area contributed by atoms with Crippen LogP contribution < -0.4 is 10.6 Å². The molecule has 1 unspecified atom stereocenters. The number of aromatic nitrogens is 1. The number of benzene rings is 2. The average molecular weight is 384 g/mol. The molecule has 26 heavy (non-hydrogen) atoms. The molecule has 3 aromatic rings. The molecule has 0 radical (unpaired) electrons. The van der Waals surface area contributed by atoms with Crippen LogP contribution in [0.5, 0.6) is 0 Å². The summed E-state index contributed by atoms with van der Waals surface area (Å²) in [7, 11) is -2.53. The van der Waals surface area contributed by atoms with Gasteiger partial charge < -0.3 is 9.51 Å². The molecule has 0 bridgehead atoms. The van der Waals surface area contributed by atoms with Gasteiger partial charge in [-0.3, -0.25) is 9.36 Å². The number of fused-ring (bicyclic) bond motifs is 1. The van der Waals surface area contributed by atoms with Crippen molar-refractivity contribution < 1.29 is 13.9 Å². The highest BCUT2D eigenvalue weighted by atomic mass is 35.5. The molecule has 0 aliphatic carbocycles. The number of carbonyl (C=O) groups is 1. The van der Waals surface area contributed by atoms with Crippen LogP contribution in [-0.2, 0) is 9.09 Å². The number of rotatable bonds is 4. The maximum atomic E-state index is 13.8. The topological polar surface area (TPSA) is 107 Å². The Labute approximate surface area is 154 Å². The lowest BCUT2D eigenvalue weighted by atomic mass is 10.1. The first-order chi connectivity index (χ1) is 12.5. The molecule has 0 aliphatic rings. The van der Waals surface area contributed by atoms with Crippen molar-refractivity contribution >= 4 is 46.8 Å². The van der Waals surface area contributed by atoms with E-state index < -0.39 is 7.37 Å². The van der Waals surface area contributed by atoms with Crippen LogP contribution in [0.25, 0.3) is 10.9 Å². The second-order valence-electron chi connectivity index (χ2n) is 5.42. The quantitative estimate of drug-likeness (QED) is 0.549. The first-order valence-electron chi connectivity index (χ1n) is 7.35. The van der Waals surface area contributed by atoms with E-state index in [1.165, 1.54) is 25.3 Å². The van der Waals surface area contributed by atoms with E-state index in [4.69, 9.17) is 16.1 Å². The Kier molecular flexibility index (Phi) is 4.68. The zero-order valence-corrected chi connectivity index (χ0v) is 15.1. The molecule has 2 aromatic carbocycles. The summed E-state index contributed by atoms with van der Waals surface area (Å²) in [6.45, 7) is 0. The number of hydrogen-bond donors (Lipinski definition) is 1. The fraction of sp³-hybridized carbons (Fsp3) is 0.0556. The highest BCUT2D eigenvalue weighted by molar-refractivity contribution is 7.75. The third kappa shape index (κ3) is 2.81. The minimum atomic E-state index is -3.78. The molecule has 128 valence electrons. The summed E-state index contributed by atoms with van der Waals surface area (Å²) in [5.41, 5.74) is 0.998. The standard InChI is InChI=1S/C18H11ClN3O3P/c1-25-26(24,14-5-11(8-20)4-12(6-14)9-21)18-15-7-13(19)2-3-16(15)22-17(18)10-23/h2-7,10,22H,1H3. The monoisotopic (exact) mass is 383 g/mol. The predicted molar refractivity (Wildman–Crippen MR) is 98.5 cm³/mol. The van der Waals surface area contributed by atoms with Crippen molar-refractivity contribution in [3.63, 3.8) is 0 Å². The van der Waals surface area contributed by atoms with E-state index in [2.05, 4.69) is 4.98 Å². The van der Waals surface area contributed by atoms with Gasteiger partial charge in [0.15, 0.2) is 6.29 Å². The van der Waals surface area contributed by atoms with Crippen LogP contribution >= 0.6 is 19.0 Å². The summed E-state index contributed by atoms with van der Waals surface area (Å²) >= 11 is 6.06. The van der Waals surface area contributed by atoms with E-state index in [-0.39, 0.29) is 27.4 Å². The Morgan fingerprint density at radius 2 is 1.81 bits per heavy atom. The molecule has 0 saturated carbocycles. The van der Waals surface area contributed by atoms with Crippen molar-refractivity contribution in [1.82, 2.24) is 4.98 Å². The van der Waals surface area contributed by atoms with Crippen molar-refractivity contribution in [1.29, 1.82) is 10.5 Å². The first kappa shape index (κ1) is 17.9. The van der Waals surface area contributed by atoms with E-state index in [1.54, 1.807) is 18.2 Å². The third-order valence-electron chi connectivity index (χ3n) is 3.95. The van der Waals surface area contributed by atoms with Gasteiger partial charge in [-0.05, 0) is 36.4 Å². The zero-order valence-electron chi connectivity index (χ0n) is 13.5. The smallest absolute Gasteiger partial charge is 0.263 e. The van der Waals surface area contributed by atoms with Crippen LogP contribution in [0.1, 0.15) is 21.6 Å². The van der Waals surface area contributed by atoms with Crippen molar-refractivity contribution in [2.75, 3.05) is 7.11 Å². The van der Waals surface area contributed by atoms with Gasteiger partial charge in [0.1, 0.15) is 0 Å². The maximum absolute atomic E-state index is 13.8. The molecule has 8 heteroatoms. The largest absolute Gasteiger partial charge is 0.352 e. The van der Waals surface area contributed by atoms with Gasteiger partial charge in [-0.15, -0.1) is 0 Å². The molecular weight excluding hydrogens is 373 g/mol. The maximum Gasteiger partial charge on any atom is 0.263 e. The SMILES string of the molecule is COP(=O)(c1cc(C#N)cc(C#N)c1)c1c(C=O)[nH]c2ccc(Cl)cc12. The molecule has 1 aromatic heterocycles. The lowest BCUT2D eigenvalue weighted by Crippen LogP contribution is -2.20. The molecule has 0 amide bonds. The Morgan fingerprint density at radius 1 is 1.15 bits per heavy atom. The van der Waals surface area contributed by atoms with Crippen molar-refractivity contribution in [3.05, 3.63) is 58.2 Å². The highest BCUT2D eigenvalue weighted by Crippen LogP contribution is 2.47. The molecule has 0 aliphatic heterocycles. The molecule has 0 saturated heterocycles. The van der Waals surface area contributed by atoms with Crippen LogP contribution in [0.2, 0.25) is 5.02 Å². The van der Waals surface area contributed by atoms with E-state index >= 15 is 0 Å². The molecule has 1 N–H and O–H groups in total. The lowest BCUT2D eigenvalue weighted by molar-refractivity contribution is 0.112. The average Bonchev–Trinajstić information content (AvgIpc) is 3.05. The van der Waals surface area contributed by atoms with Gasteiger partial charge in [0.2, 0.25) is 0 Å². The minimum Gasteiger partial charge on any atom is -0.352 e. The summed E-state index contributed by atoms with van der Waals surface area (Å²) < 4.78 is 19.2. The number of H-pyrrole nitrogens is 1. The van der Waals surface area contributed by atoms with E-state index in [0.29, 0.717) is 22.2 Å². The summed E-state index contributed by atoms with van der Waals surface area (Å²) in [6.07, 6.45) is 0.550. The van der Waals surface area contributed by atoms with Crippen molar-refractivity contribution in [2.45, 2.75) is 0 Å². The second kappa shape index (κ2) is 6.78. The normalized spacial score (nSPS) is 12.9. The van der Waals surface area contributed by atoms with Gasteiger partial charge in [-0.2, -0.15) is 10.5 Å².